The summed E-state index contributed by atoms with van der Waals surface area (Å²) in [5.41, 5.74) is 2.82. The van der Waals surface area contributed by atoms with Crippen molar-refractivity contribution in [2.75, 3.05) is 0 Å². The molecule has 0 N–H and O–H groups in total. The number of benzene rings is 2. The fourth-order valence-electron chi connectivity index (χ4n) is 2.02. The molecule has 0 saturated heterocycles. The van der Waals surface area contributed by atoms with Crippen molar-refractivity contribution < 1.29 is 0 Å². The number of allylic oxidation sites excluding steroid dienone is 2. The quantitative estimate of drug-likeness (QED) is 0.499. The molecule has 0 bridgehead atoms. The molecule has 0 nitrogen and oxygen atoms in total. The third-order valence-electron chi connectivity index (χ3n) is 3.04. The smallest absolute Gasteiger partial charge is 0.00975 e. The van der Waals surface area contributed by atoms with E-state index in [1.807, 2.05) is 0 Å². The molecular weight excluding hydrogens is 216 g/mol. The van der Waals surface area contributed by atoms with Crippen LogP contribution in [0.1, 0.15) is 24.0 Å². The number of aryl methyl sites for hydroxylation is 1. The molecule has 2 aromatic rings. The van der Waals surface area contributed by atoms with Gasteiger partial charge in [0, 0.05) is 0 Å². The predicted molar refractivity (Wildman–Crippen MR) is 78.7 cm³/mol. The van der Waals surface area contributed by atoms with E-state index in [4.69, 9.17) is 0 Å². The van der Waals surface area contributed by atoms with Gasteiger partial charge in [0.25, 0.3) is 0 Å². The third kappa shape index (κ3) is 4.58. The summed E-state index contributed by atoms with van der Waals surface area (Å²) in [6, 6.07) is 21.3. The molecule has 0 spiro atoms. The first-order chi connectivity index (χ1) is 8.95. The van der Waals surface area contributed by atoms with E-state index in [9.17, 15) is 0 Å². The summed E-state index contributed by atoms with van der Waals surface area (Å²) in [6.07, 6.45) is 9.20. The Kier molecular flexibility index (Phi) is 5.26. The van der Waals surface area contributed by atoms with E-state index in [0.29, 0.717) is 0 Å². The molecule has 0 amide bonds. The van der Waals surface area contributed by atoms with E-state index in [2.05, 4.69) is 72.8 Å². The van der Waals surface area contributed by atoms with Gasteiger partial charge in [0.2, 0.25) is 0 Å². The number of hydrogen-bond donors (Lipinski definition) is 0. The van der Waals surface area contributed by atoms with Gasteiger partial charge in [-0.2, -0.15) is 0 Å². The maximum Gasteiger partial charge on any atom is -0.00975 e. The Bertz CT molecular complexity index is 454. The maximum absolute atomic E-state index is 2.30. The van der Waals surface area contributed by atoms with E-state index in [-0.39, 0.29) is 0 Å². The van der Waals surface area contributed by atoms with Gasteiger partial charge in [0.05, 0.1) is 0 Å². The van der Waals surface area contributed by atoms with E-state index < -0.39 is 0 Å². The lowest BCUT2D eigenvalue weighted by Crippen LogP contribution is -1.83. The highest BCUT2D eigenvalue weighted by Crippen LogP contribution is 2.06. The molecule has 0 aliphatic heterocycles. The summed E-state index contributed by atoms with van der Waals surface area (Å²) < 4.78 is 0. The number of hydrogen-bond acceptors (Lipinski definition) is 0. The second-order valence-electron chi connectivity index (χ2n) is 4.54. The first-order valence-corrected chi connectivity index (χ1v) is 6.68. The molecule has 0 heteroatoms. The van der Waals surface area contributed by atoms with Gasteiger partial charge >= 0.3 is 0 Å². The molecule has 0 saturated carbocycles. The fourth-order valence-corrected chi connectivity index (χ4v) is 2.02. The Hall–Kier alpha value is -1.82. The lowest BCUT2D eigenvalue weighted by Gasteiger charge is -1.98. The number of rotatable bonds is 6. The lowest BCUT2D eigenvalue weighted by molar-refractivity contribution is 0.841. The SMILES string of the molecule is C(=C\Cc1ccccc1)/CCCc1ccccc1. The minimum atomic E-state index is 1.05. The van der Waals surface area contributed by atoms with Crippen molar-refractivity contribution in [3.63, 3.8) is 0 Å². The van der Waals surface area contributed by atoms with Crippen LogP contribution in [0.25, 0.3) is 0 Å². The fraction of sp³-hybridized carbons (Fsp3) is 0.222. The van der Waals surface area contributed by atoms with Crippen LogP contribution in [-0.2, 0) is 12.8 Å². The normalized spacial score (nSPS) is 10.9. The van der Waals surface area contributed by atoms with Crippen LogP contribution >= 0.6 is 0 Å². The van der Waals surface area contributed by atoms with Crippen LogP contribution in [0.4, 0.5) is 0 Å². The Morgan fingerprint density at radius 3 is 1.94 bits per heavy atom. The second-order valence-corrected chi connectivity index (χ2v) is 4.54. The number of unbranched alkanes of at least 4 members (excludes halogenated alkanes) is 1. The Morgan fingerprint density at radius 2 is 1.28 bits per heavy atom. The topological polar surface area (TPSA) is 0 Å². The third-order valence-corrected chi connectivity index (χ3v) is 3.04. The minimum absolute atomic E-state index is 1.05. The largest absolute Gasteiger partial charge is 0.0882 e. The Labute approximate surface area is 110 Å². The summed E-state index contributed by atoms with van der Waals surface area (Å²) in [5.74, 6) is 0. The lowest BCUT2D eigenvalue weighted by atomic mass is 10.1. The molecular formula is C18H20. The molecule has 0 atom stereocenters. The van der Waals surface area contributed by atoms with Gasteiger partial charge in [-0.3, -0.25) is 0 Å². The summed E-state index contributed by atoms with van der Waals surface area (Å²) >= 11 is 0. The van der Waals surface area contributed by atoms with Crippen molar-refractivity contribution in [3.8, 4) is 0 Å². The van der Waals surface area contributed by atoms with Gasteiger partial charge in [-0.25, -0.2) is 0 Å². The monoisotopic (exact) mass is 236 g/mol. The van der Waals surface area contributed by atoms with Crippen molar-refractivity contribution in [2.24, 2.45) is 0 Å². The zero-order chi connectivity index (χ0) is 12.5. The Morgan fingerprint density at radius 1 is 0.667 bits per heavy atom. The van der Waals surface area contributed by atoms with Crippen molar-refractivity contribution in [3.05, 3.63) is 83.9 Å². The van der Waals surface area contributed by atoms with Gasteiger partial charge < -0.3 is 0 Å². The zero-order valence-corrected chi connectivity index (χ0v) is 10.8. The van der Waals surface area contributed by atoms with Crippen LogP contribution in [0.5, 0.6) is 0 Å². The van der Waals surface area contributed by atoms with E-state index >= 15 is 0 Å². The van der Waals surface area contributed by atoms with Crippen molar-refractivity contribution in [1.82, 2.24) is 0 Å². The molecule has 92 valence electrons. The van der Waals surface area contributed by atoms with Crippen LogP contribution in [0.2, 0.25) is 0 Å². The van der Waals surface area contributed by atoms with Crippen molar-refractivity contribution >= 4 is 0 Å². The summed E-state index contributed by atoms with van der Waals surface area (Å²) in [6.45, 7) is 0. The first-order valence-electron chi connectivity index (χ1n) is 6.68. The van der Waals surface area contributed by atoms with Gasteiger partial charge in [-0.05, 0) is 36.8 Å². The van der Waals surface area contributed by atoms with Gasteiger partial charge in [0.15, 0.2) is 0 Å². The summed E-state index contributed by atoms with van der Waals surface area (Å²) in [4.78, 5) is 0. The molecule has 0 unspecified atom stereocenters. The van der Waals surface area contributed by atoms with E-state index in [1.165, 1.54) is 30.4 Å². The van der Waals surface area contributed by atoms with Gasteiger partial charge in [-0.1, -0.05) is 72.8 Å². The van der Waals surface area contributed by atoms with Crippen molar-refractivity contribution in [2.45, 2.75) is 25.7 Å². The molecule has 0 aromatic heterocycles. The molecule has 2 rings (SSSR count). The molecule has 0 radical (unpaired) electrons. The van der Waals surface area contributed by atoms with E-state index in [1.54, 1.807) is 0 Å². The van der Waals surface area contributed by atoms with Crippen LogP contribution in [0.15, 0.2) is 72.8 Å². The Balaban J connectivity index is 1.64. The van der Waals surface area contributed by atoms with Gasteiger partial charge in [0.1, 0.15) is 0 Å². The molecule has 0 heterocycles. The molecule has 0 fully saturated rings. The zero-order valence-electron chi connectivity index (χ0n) is 10.8. The molecule has 2 aromatic carbocycles. The molecule has 18 heavy (non-hydrogen) atoms. The first kappa shape index (κ1) is 12.6. The average Bonchev–Trinajstić information content (AvgIpc) is 2.45. The highest BCUT2D eigenvalue weighted by molar-refractivity contribution is 5.17. The van der Waals surface area contributed by atoms with Crippen LogP contribution in [-0.4, -0.2) is 0 Å². The second kappa shape index (κ2) is 7.50. The van der Waals surface area contributed by atoms with Crippen molar-refractivity contribution in [1.29, 1.82) is 0 Å². The minimum Gasteiger partial charge on any atom is -0.0882 e. The van der Waals surface area contributed by atoms with Crippen LogP contribution in [0, 0.1) is 0 Å². The molecule has 0 aliphatic rings. The maximum atomic E-state index is 2.30. The van der Waals surface area contributed by atoms with Crippen LogP contribution < -0.4 is 0 Å². The predicted octanol–water partition coefficient (Wildman–Crippen LogP) is 4.81. The van der Waals surface area contributed by atoms with Gasteiger partial charge in [-0.15, -0.1) is 0 Å². The standard InChI is InChI=1S/C18H20/c1(5-11-17-13-7-3-8-14-17)2-6-12-18-15-9-4-10-16-18/h1,3-5,7-10,13-16H,2,6,11-12H2/b5-1+. The highest BCUT2D eigenvalue weighted by atomic mass is 14.0. The summed E-state index contributed by atoms with van der Waals surface area (Å²) in [7, 11) is 0. The highest BCUT2D eigenvalue weighted by Gasteiger charge is 1.90. The summed E-state index contributed by atoms with van der Waals surface area (Å²) in [5, 5.41) is 0. The van der Waals surface area contributed by atoms with E-state index in [0.717, 1.165) is 6.42 Å². The average molecular weight is 236 g/mol. The molecule has 0 aliphatic carbocycles. The van der Waals surface area contributed by atoms with Crippen LogP contribution in [0.3, 0.4) is 0 Å².